The minimum Gasteiger partial charge on any atom is -0.295 e. The molecule has 3 saturated carbocycles. The van der Waals surface area contributed by atoms with Gasteiger partial charge in [-0.25, -0.2) is 4.89 Å². The molecule has 0 aromatic carbocycles. The van der Waals surface area contributed by atoms with E-state index in [0.717, 1.165) is 42.1 Å². The van der Waals surface area contributed by atoms with Gasteiger partial charge in [-0.2, -0.15) is 0 Å². The highest BCUT2D eigenvalue weighted by atomic mass is 17.1. The number of fused-ring (bicyclic) bond motifs is 5. The molecular formula is C27H44O3. The highest BCUT2D eigenvalue weighted by Crippen LogP contribution is 2.67. The average Bonchev–Trinajstić information content (AvgIpc) is 3.05. The van der Waals surface area contributed by atoms with E-state index < -0.39 is 0 Å². The van der Waals surface area contributed by atoms with Gasteiger partial charge < -0.3 is 0 Å². The number of carbonyl (C=O) groups is 1. The van der Waals surface area contributed by atoms with Crippen LogP contribution in [0.5, 0.6) is 0 Å². The number of hydrogen-bond acceptors (Lipinski definition) is 3. The van der Waals surface area contributed by atoms with Crippen molar-refractivity contribution in [1.82, 2.24) is 0 Å². The van der Waals surface area contributed by atoms with E-state index in [-0.39, 0.29) is 17.3 Å². The lowest BCUT2D eigenvalue weighted by molar-refractivity contribution is -0.285. The SMILES string of the molecule is CC(C)CCC[C@@H](C)[C@H]1CC[C@H]2[C@@H]3C[C@H](OO)C4=CC(=O)CC[C@]4(C)[C@H]3CC[C@]12C. The molecule has 30 heavy (non-hydrogen) atoms. The van der Waals surface area contributed by atoms with Crippen LogP contribution >= 0.6 is 0 Å². The summed E-state index contributed by atoms with van der Waals surface area (Å²) in [6.45, 7) is 12.1. The van der Waals surface area contributed by atoms with Crippen LogP contribution in [0.2, 0.25) is 0 Å². The lowest BCUT2D eigenvalue weighted by atomic mass is 9.46. The Bertz CT molecular complexity index is 682. The first-order valence-corrected chi connectivity index (χ1v) is 12.8. The van der Waals surface area contributed by atoms with Crippen molar-refractivity contribution in [1.29, 1.82) is 0 Å². The number of rotatable bonds is 6. The normalized spacial score (nSPS) is 44.3. The lowest BCUT2D eigenvalue weighted by Crippen LogP contribution is -2.54. The molecule has 0 aliphatic heterocycles. The van der Waals surface area contributed by atoms with Crippen LogP contribution in [0.15, 0.2) is 11.6 Å². The molecule has 4 aliphatic carbocycles. The second-order valence-corrected chi connectivity index (χ2v) is 12.2. The van der Waals surface area contributed by atoms with Crippen molar-refractivity contribution in [2.45, 2.75) is 105 Å². The van der Waals surface area contributed by atoms with E-state index >= 15 is 0 Å². The topological polar surface area (TPSA) is 46.5 Å². The molecule has 0 spiro atoms. The van der Waals surface area contributed by atoms with E-state index in [1.165, 1.54) is 44.9 Å². The third-order valence-corrected chi connectivity index (χ3v) is 10.3. The fourth-order valence-corrected chi connectivity index (χ4v) is 8.70. The van der Waals surface area contributed by atoms with Gasteiger partial charge in [0.15, 0.2) is 5.78 Å². The van der Waals surface area contributed by atoms with E-state index in [1.807, 2.05) is 6.08 Å². The van der Waals surface area contributed by atoms with Gasteiger partial charge in [0.1, 0.15) is 6.10 Å². The molecule has 3 nitrogen and oxygen atoms in total. The summed E-state index contributed by atoms with van der Waals surface area (Å²) < 4.78 is 0. The van der Waals surface area contributed by atoms with Crippen LogP contribution in [0, 0.1) is 46.3 Å². The van der Waals surface area contributed by atoms with E-state index in [2.05, 4.69) is 34.6 Å². The van der Waals surface area contributed by atoms with E-state index in [0.29, 0.717) is 23.7 Å². The lowest BCUT2D eigenvalue weighted by Gasteiger charge is -2.59. The summed E-state index contributed by atoms with van der Waals surface area (Å²) in [6, 6.07) is 0. The van der Waals surface area contributed by atoms with E-state index in [9.17, 15) is 10.1 Å². The number of ketones is 1. The first-order chi connectivity index (χ1) is 14.2. The van der Waals surface area contributed by atoms with E-state index in [4.69, 9.17) is 4.89 Å². The highest BCUT2D eigenvalue weighted by Gasteiger charge is 2.61. The first-order valence-electron chi connectivity index (χ1n) is 12.8. The molecule has 0 heterocycles. The Morgan fingerprint density at radius 3 is 2.57 bits per heavy atom. The quantitative estimate of drug-likeness (QED) is 0.372. The van der Waals surface area contributed by atoms with Crippen molar-refractivity contribution in [3.8, 4) is 0 Å². The van der Waals surface area contributed by atoms with Gasteiger partial charge >= 0.3 is 0 Å². The summed E-state index contributed by atoms with van der Waals surface area (Å²) in [5.74, 6) is 4.65. The van der Waals surface area contributed by atoms with Crippen molar-refractivity contribution >= 4 is 5.78 Å². The molecule has 0 aromatic heterocycles. The third kappa shape index (κ3) is 3.62. The Kier molecular flexibility index (Phi) is 6.27. The van der Waals surface area contributed by atoms with Crippen molar-refractivity contribution in [2.24, 2.45) is 46.3 Å². The largest absolute Gasteiger partial charge is 0.295 e. The van der Waals surface area contributed by atoms with Crippen LogP contribution < -0.4 is 0 Å². The molecule has 0 amide bonds. The first kappa shape index (κ1) is 22.5. The predicted molar refractivity (Wildman–Crippen MR) is 121 cm³/mol. The Morgan fingerprint density at radius 1 is 1.10 bits per heavy atom. The Labute approximate surface area is 184 Å². The maximum Gasteiger partial charge on any atom is 0.155 e. The summed E-state index contributed by atoms with van der Waals surface area (Å²) in [5.41, 5.74) is 1.54. The summed E-state index contributed by atoms with van der Waals surface area (Å²) in [6.07, 6.45) is 13.4. The van der Waals surface area contributed by atoms with Crippen LogP contribution in [0.3, 0.4) is 0 Å². The third-order valence-electron chi connectivity index (χ3n) is 10.3. The van der Waals surface area contributed by atoms with E-state index in [1.54, 1.807) is 0 Å². The maximum absolute atomic E-state index is 12.1. The van der Waals surface area contributed by atoms with Crippen molar-refractivity contribution in [3.63, 3.8) is 0 Å². The minimum absolute atomic E-state index is 0.0204. The second-order valence-electron chi connectivity index (χ2n) is 12.2. The van der Waals surface area contributed by atoms with Crippen molar-refractivity contribution in [3.05, 3.63) is 11.6 Å². The highest BCUT2D eigenvalue weighted by molar-refractivity contribution is 5.91. The molecule has 8 atom stereocenters. The maximum atomic E-state index is 12.1. The predicted octanol–water partition coefficient (Wildman–Crippen LogP) is 7.07. The Morgan fingerprint density at radius 2 is 1.87 bits per heavy atom. The van der Waals surface area contributed by atoms with Gasteiger partial charge in [-0.3, -0.25) is 10.1 Å². The van der Waals surface area contributed by atoms with Crippen LogP contribution in [0.25, 0.3) is 0 Å². The van der Waals surface area contributed by atoms with Crippen LogP contribution in [-0.2, 0) is 9.68 Å². The zero-order chi connectivity index (χ0) is 21.7. The summed E-state index contributed by atoms with van der Waals surface area (Å²) in [4.78, 5) is 17.2. The van der Waals surface area contributed by atoms with Gasteiger partial charge in [0, 0.05) is 6.42 Å². The summed E-state index contributed by atoms with van der Waals surface area (Å²) >= 11 is 0. The van der Waals surface area contributed by atoms with Gasteiger partial charge in [-0.1, -0.05) is 53.9 Å². The molecule has 4 aliphatic rings. The minimum atomic E-state index is -0.287. The molecule has 0 saturated heterocycles. The van der Waals surface area contributed by atoms with Crippen LogP contribution in [0.1, 0.15) is 98.8 Å². The molecule has 4 rings (SSSR count). The van der Waals surface area contributed by atoms with Gasteiger partial charge in [0.05, 0.1) is 0 Å². The molecule has 3 heteroatoms. The number of carbonyl (C=O) groups excluding carboxylic acids is 1. The van der Waals surface area contributed by atoms with Gasteiger partial charge in [0.2, 0.25) is 0 Å². The molecule has 0 unspecified atom stereocenters. The Balaban J connectivity index is 1.55. The smallest absolute Gasteiger partial charge is 0.155 e. The molecule has 0 radical (unpaired) electrons. The second kappa shape index (κ2) is 8.35. The standard InChI is InChI=1S/C27H44O3/c1-17(2)7-6-8-18(3)21-9-10-22-20-16-25(30-29)24-15-19(28)11-13-27(24,5)23(20)12-14-26(21,22)4/h15,17-18,20-23,25,29H,6-14,16H2,1-5H3/t18-,20+,21-,22+,23+,25+,26-,27-/m1/s1. The molecule has 0 aromatic rings. The average molecular weight is 417 g/mol. The molecule has 3 fully saturated rings. The fourth-order valence-electron chi connectivity index (χ4n) is 8.70. The van der Waals surface area contributed by atoms with Crippen molar-refractivity contribution < 1.29 is 14.9 Å². The van der Waals surface area contributed by atoms with Crippen LogP contribution in [0.4, 0.5) is 0 Å². The summed E-state index contributed by atoms with van der Waals surface area (Å²) in [7, 11) is 0. The van der Waals surface area contributed by atoms with Gasteiger partial charge in [0.25, 0.3) is 0 Å². The monoisotopic (exact) mass is 416 g/mol. The van der Waals surface area contributed by atoms with Gasteiger partial charge in [-0.15, -0.1) is 0 Å². The Hall–Kier alpha value is -0.670. The fraction of sp³-hybridized carbons (Fsp3) is 0.889. The van der Waals surface area contributed by atoms with Crippen LogP contribution in [-0.4, -0.2) is 17.1 Å². The number of hydrogen-bond donors (Lipinski definition) is 1. The molecule has 1 N–H and O–H groups in total. The van der Waals surface area contributed by atoms with Gasteiger partial charge in [-0.05, 0) is 96.5 Å². The van der Waals surface area contributed by atoms with Crippen molar-refractivity contribution in [2.75, 3.05) is 0 Å². The zero-order valence-electron chi connectivity index (χ0n) is 20.0. The molecule has 170 valence electrons. The molecular weight excluding hydrogens is 372 g/mol. The molecule has 0 bridgehead atoms. The zero-order valence-corrected chi connectivity index (χ0v) is 20.0. The summed E-state index contributed by atoms with van der Waals surface area (Å²) in [5, 5.41) is 9.76.